The van der Waals surface area contributed by atoms with Crippen molar-refractivity contribution in [3.63, 3.8) is 0 Å². The topological polar surface area (TPSA) is 60.0 Å². The molecule has 0 fully saturated rings. The number of rotatable bonds is 9. The molecule has 0 saturated heterocycles. The van der Waals surface area contributed by atoms with Gasteiger partial charge in [0.15, 0.2) is 5.96 Å². The van der Waals surface area contributed by atoms with E-state index < -0.39 is 18.6 Å². The van der Waals surface area contributed by atoms with Crippen LogP contribution in [0.5, 0.6) is 0 Å². The van der Waals surface area contributed by atoms with Gasteiger partial charge in [0.2, 0.25) is 5.91 Å². The lowest BCUT2D eigenvalue weighted by atomic mass is 10.2. The Morgan fingerprint density at radius 3 is 2.12 bits per heavy atom. The predicted molar refractivity (Wildman–Crippen MR) is 94.7 cm³/mol. The van der Waals surface area contributed by atoms with Gasteiger partial charge in [-0.15, -0.1) is 0 Å². The summed E-state index contributed by atoms with van der Waals surface area (Å²) < 4.78 is 36.8. The smallest absolute Gasteiger partial charge is 0.356 e. The van der Waals surface area contributed by atoms with Gasteiger partial charge >= 0.3 is 6.18 Å². The number of hydrogen-bond acceptors (Lipinski definition) is 3. The standard InChI is InChI=1S/C16H32F3N5O/c1-12(2)24(13(3)4)9-7-8-21-15(20-5)22-10-14(25)23(6)11-16(17,18)19/h12-13H,7-11H2,1-6H3,(H2,20,21,22). The summed E-state index contributed by atoms with van der Waals surface area (Å²) in [6.07, 6.45) is -3.51. The van der Waals surface area contributed by atoms with Crippen molar-refractivity contribution >= 4 is 11.9 Å². The molecule has 0 radical (unpaired) electrons. The number of halogens is 3. The Morgan fingerprint density at radius 1 is 1.12 bits per heavy atom. The summed E-state index contributed by atoms with van der Waals surface area (Å²) in [7, 11) is 2.67. The van der Waals surface area contributed by atoms with Crippen molar-refractivity contribution < 1.29 is 18.0 Å². The minimum absolute atomic E-state index is 0.240. The molecule has 0 aliphatic carbocycles. The third kappa shape index (κ3) is 10.9. The average molecular weight is 367 g/mol. The van der Waals surface area contributed by atoms with Gasteiger partial charge in [-0.05, 0) is 34.1 Å². The molecule has 25 heavy (non-hydrogen) atoms. The van der Waals surface area contributed by atoms with Gasteiger partial charge in [0.05, 0.1) is 6.54 Å². The minimum Gasteiger partial charge on any atom is -0.356 e. The van der Waals surface area contributed by atoms with E-state index in [1.807, 2.05) is 0 Å². The highest BCUT2D eigenvalue weighted by molar-refractivity contribution is 5.86. The Hall–Kier alpha value is -1.51. The Balaban J connectivity index is 4.18. The van der Waals surface area contributed by atoms with E-state index >= 15 is 0 Å². The van der Waals surface area contributed by atoms with Crippen LogP contribution in [0.25, 0.3) is 0 Å². The highest BCUT2D eigenvalue weighted by Crippen LogP contribution is 2.15. The van der Waals surface area contributed by atoms with Crippen molar-refractivity contribution in [3.8, 4) is 0 Å². The van der Waals surface area contributed by atoms with E-state index in [0.717, 1.165) is 20.0 Å². The van der Waals surface area contributed by atoms with Crippen LogP contribution in [0, 0.1) is 0 Å². The lowest BCUT2D eigenvalue weighted by molar-refractivity contribution is -0.157. The van der Waals surface area contributed by atoms with Crippen LogP contribution in [0.15, 0.2) is 4.99 Å². The van der Waals surface area contributed by atoms with Crippen molar-refractivity contribution in [2.75, 3.05) is 40.3 Å². The van der Waals surface area contributed by atoms with E-state index in [2.05, 4.69) is 48.2 Å². The van der Waals surface area contributed by atoms with E-state index in [0.29, 0.717) is 29.5 Å². The lowest BCUT2D eigenvalue weighted by Gasteiger charge is -2.30. The molecule has 0 aromatic heterocycles. The van der Waals surface area contributed by atoms with Crippen LogP contribution in [-0.4, -0.2) is 80.2 Å². The average Bonchev–Trinajstić information content (AvgIpc) is 2.47. The van der Waals surface area contributed by atoms with E-state index in [-0.39, 0.29) is 6.54 Å². The van der Waals surface area contributed by atoms with Gasteiger partial charge < -0.3 is 15.5 Å². The van der Waals surface area contributed by atoms with Crippen molar-refractivity contribution in [2.45, 2.75) is 52.4 Å². The van der Waals surface area contributed by atoms with E-state index in [9.17, 15) is 18.0 Å². The molecule has 0 saturated carbocycles. The summed E-state index contributed by atoms with van der Waals surface area (Å²) >= 11 is 0. The second-order valence-electron chi connectivity index (χ2n) is 6.50. The van der Waals surface area contributed by atoms with Gasteiger partial charge in [0.1, 0.15) is 6.54 Å². The monoisotopic (exact) mass is 367 g/mol. The van der Waals surface area contributed by atoms with Crippen LogP contribution in [0.2, 0.25) is 0 Å². The van der Waals surface area contributed by atoms with Crippen LogP contribution in [0.1, 0.15) is 34.1 Å². The number of carbonyl (C=O) groups is 1. The van der Waals surface area contributed by atoms with Gasteiger partial charge in [0.25, 0.3) is 0 Å². The van der Waals surface area contributed by atoms with Crippen molar-refractivity contribution in [3.05, 3.63) is 0 Å². The molecule has 0 heterocycles. The van der Waals surface area contributed by atoms with E-state index in [1.54, 1.807) is 7.05 Å². The SMILES string of the molecule is CN=C(NCCCN(C(C)C)C(C)C)NCC(=O)N(C)CC(F)(F)F. The number of carbonyl (C=O) groups excluding carboxylic acids is 1. The molecule has 0 rings (SSSR count). The largest absolute Gasteiger partial charge is 0.406 e. The van der Waals surface area contributed by atoms with Crippen LogP contribution in [-0.2, 0) is 4.79 Å². The number of amides is 1. The quantitative estimate of drug-likeness (QED) is 0.370. The number of nitrogens with one attached hydrogen (secondary N) is 2. The fourth-order valence-corrected chi connectivity index (χ4v) is 2.45. The Labute approximate surface area is 148 Å². The predicted octanol–water partition coefficient (Wildman–Crippen LogP) is 1.68. The summed E-state index contributed by atoms with van der Waals surface area (Å²) in [6.45, 7) is 8.67. The van der Waals surface area contributed by atoms with Gasteiger partial charge in [-0.2, -0.15) is 13.2 Å². The number of hydrogen-bond donors (Lipinski definition) is 2. The Bertz CT molecular complexity index is 416. The molecule has 0 aliphatic heterocycles. The highest BCUT2D eigenvalue weighted by atomic mass is 19.4. The zero-order valence-corrected chi connectivity index (χ0v) is 16.1. The first-order valence-electron chi connectivity index (χ1n) is 8.49. The molecule has 0 unspecified atom stereocenters. The zero-order valence-electron chi connectivity index (χ0n) is 16.1. The third-order valence-electron chi connectivity index (χ3n) is 3.68. The summed E-state index contributed by atoms with van der Waals surface area (Å²) in [5.41, 5.74) is 0. The first-order chi connectivity index (χ1) is 11.5. The molecule has 0 spiro atoms. The van der Waals surface area contributed by atoms with Crippen LogP contribution >= 0.6 is 0 Å². The van der Waals surface area contributed by atoms with Crippen molar-refractivity contribution in [1.82, 2.24) is 20.4 Å². The molecule has 0 bridgehead atoms. The molecular formula is C16H32F3N5O. The van der Waals surface area contributed by atoms with Crippen molar-refractivity contribution in [2.24, 2.45) is 4.99 Å². The fraction of sp³-hybridized carbons (Fsp3) is 0.875. The molecule has 0 aromatic carbocycles. The summed E-state index contributed by atoms with van der Waals surface area (Å²) in [6, 6.07) is 0.915. The molecule has 148 valence electrons. The molecule has 0 atom stereocenters. The summed E-state index contributed by atoms with van der Waals surface area (Å²) in [4.78, 5) is 18.7. The Kier molecular flexibility index (Phi) is 10.5. The molecule has 0 aromatic rings. The molecule has 9 heteroatoms. The van der Waals surface area contributed by atoms with Gasteiger partial charge in [0, 0.05) is 39.3 Å². The maximum atomic E-state index is 12.3. The molecule has 6 nitrogen and oxygen atoms in total. The second-order valence-corrected chi connectivity index (χ2v) is 6.50. The van der Waals surface area contributed by atoms with Crippen LogP contribution in [0.4, 0.5) is 13.2 Å². The van der Waals surface area contributed by atoms with Gasteiger partial charge in [-0.1, -0.05) is 0 Å². The van der Waals surface area contributed by atoms with Gasteiger partial charge in [-0.25, -0.2) is 0 Å². The van der Waals surface area contributed by atoms with Crippen LogP contribution < -0.4 is 10.6 Å². The number of likely N-dealkylation sites (N-methyl/N-ethyl adjacent to an activating group) is 1. The first-order valence-corrected chi connectivity index (χ1v) is 8.49. The summed E-state index contributed by atoms with van der Waals surface area (Å²) in [5, 5.41) is 5.80. The maximum absolute atomic E-state index is 12.3. The third-order valence-corrected chi connectivity index (χ3v) is 3.68. The molecule has 2 N–H and O–H groups in total. The number of alkyl halides is 3. The second kappa shape index (κ2) is 11.2. The van der Waals surface area contributed by atoms with E-state index in [4.69, 9.17) is 0 Å². The lowest BCUT2D eigenvalue weighted by Crippen LogP contribution is -2.46. The van der Waals surface area contributed by atoms with Crippen molar-refractivity contribution in [1.29, 1.82) is 0 Å². The zero-order chi connectivity index (χ0) is 19.6. The number of aliphatic imine (C=N–C) groups is 1. The normalized spacial score (nSPS) is 12.9. The maximum Gasteiger partial charge on any atom is 0.406 e. The molecule has 0 aliphatic rings. The van der Waals surface area contributed by atoms with Gasteiger partial charge in [-0.3, -0.25) is 14.7 Å². The number of nitrogens with zero attached hydrogens (tertiary/aromatic N) is 3. The Morgan fingerprint density at radius 2 is 1.68 bits per heavy atom. The minimum atomic E-state index is -4.40. The fourth-order valence-electron chi connectivity index (χ4n) is 2.45. The highest BCUT2D eigenvalue weighted by Gasteiger charge is 2.31. The molecule has 1 amide bonds. The number of guanidine groups is 1. The first kappa shape index (κ1) is 23.5. The van der Waals surface area contributed by atoms with Crippen LogP contribution in [0.3, 0.4) is 0 Å². The molecular weight excluding hydrogens is 335 g/mol. The van der Waals surface area contributed by atoms with E-state index in [1.165, 1.54) is 0 Å². The summed E-state index contributed by atoms with van der Waals surface area (Å²) in [5.74, 6) is -0.250.